The van der Waals surface area contributed by atoms with Crippen LogP contribution >= 0.6 is 0 Å². The third kappa shape index (κ3) is 4.11. The molecule has 1 aliphatic heterocycles. The summed E-state index contributed by atoms with van der Waals surface area (Å²) in [5.41, 5.74) is 2.55. The summed E-state index contributed by atoms with van der Waals surface area (Å²) in [6.45, 7) is 6.37. The number of rotatable bonds is 6. The molecule has 1 fully saturated rings. The Morgan fingerprint density at radius 1 is 1.28 bits per heavy atom. The van der Waals surface area contributed by atoms with Gasteiger partial charge in [-0.3, -0.25) is 19.5 Å². The molecule has 2 aromatic rings. The first-order valence-electron chi connectivity index (χ1n) is 10.2. The van der Waals surface area contributed by atoms with E-state index in [9.17, 15) is 9.59 Å². The summed E-state index contributed by atoms with van der Waals surface area (Å²) in [5.74, 6) is 0.468. The maximum Gasteiger partial charge on any atom is 0.268 e. The fourth-order valence-corrected chi connectivity index (χ4v) is 3.68. The topological polar surface area (TPSA) is 62.7 Å². The van der Waals surface area contributed by atoms with Gasteiger partial charge in [-0.15, -0.1) is 0 Å². The van der Waals surface area contributed by atoms with Crippen LogP contribution in [0.4, 0.5) is 5.69 Å². The number of aryl methyl sites for hydroxylation is 1. The predicted octanol–water partition coefficient (Wildman–Crippen LogP) is 3.33. The average Bonchev–Trinajstić information content (AvgIpc) is 3.54. The van der Waals surface area contributed by atoms with Crippen molar-refractivity contribution in [1.82, 2.24) is 9.88 Å². The van der Waals surface area contributed by atoms with Crippen molar-refractivity contribution in [3.8, 4) is 5.75 Å². The van der Waals surface area contributed by atoms with Gasteiger partial charge in [-0.1, -0.05) is 26.0 Å². The minimum Gasteiger partial charge on any atom is -0.478 e. The van der Waals surface area contributed by atoms with Gasteiger partial charge >= 0.3 is 0 Å². The van der Waals surface area contributed by atoms with Gasteiger partial charge in [-0.2, -0.15) is 0 Å². The van der Waals surface area contributed by atoms with E-state index in [0.29, 0.717) is 18.0 Å². The van der Waals surface area contributed by atoms with Crippen LogP contribution in [-0.2, 0) is 16.1 Å². The number of nitrogens with zero attached hydrogens (tertiary/aromatic N) is 3. The Morgan fingerprint density at radius 3 is 2.72 bits per heavy atom. The largest absolute Gasteiger partial charge is 0.478 e. The molecular formula is C23H27N3O3. The molecule has 2 amide bonds. The van der Waals surface area contributed by atoms with Crippen molar-refractivity contribution in [3.05, 3.63) is 53.9 Å². The highest BCUT2D eigenvalue weighted by atomic mass is 16.5. The zero-order chi connectivity index (χ0) is 20.5. The number of hydrogen-bond donors (Lipinski definition) is 0. The van der Waals surface area contributed by atoms with Gasteiger partial charge in [0.2, 0.25) is 5.91 Å². The van der Waals surface area contributed by atoms with Gasteiger partial charge in [0.25, 0.3) is 5.91 Å². The summed E-state index contributed by atoms with van der Waals surface area (Å²) in [4.78, 5) is 34.3. The molecule has 0 bridgehead atoms. The highest BCUT2D eigenvalue weighted by Crippen LogP contribution is 2.37. The maximum atomic E-state index is 13.3. The lowest BCUT2D eigenvalue weighted by Gasteiger charge is -2.36. The first-order valence-corrected chi connectivity index (χ1v) is 10.2. The zero-order valence-electron chi connectivity index (χ0n) is 17.2. The first-order chi connectivity index (χ1) is 13.9. The molecule has 6 heteroatoms. The Labute approximate surface area is 171 Å². The second-order valence-electron chi connectivity index (χ2n) is 8.25. The van der Waals surface area contributed by atoms with E-state index in [2.05, 4.69) is 4.98 Å². The predicted molar refractivity (Wildman–Crippen MR) is 111 cm³/mol. The van der Waals surface area contributed by atoms with E-state index in [1.807, 2.05) is 62.1 Å². The second kappa shape index (κ2) is 7.85. The SMILES string of the molecule is Cc1ccc2c(c1)N(CC(=O)N(Cc1ccccn1)C1CC1)C(=O)[C@H](C(C)C)O2. The molecule has 4 rings (SSSR count). The van der Waals surface area contributed by atoms with Crippen molar-refractivity contribution in [3.63, 3.8) is 0 Å². The van der Waals surface area contributed by atoms with Crippen LogP contribution in [0, 0.1) is 12.8 Å². The van der Waals surface area contributed by atoms with Crippen LogP contribution in [0.25, 0.3) is 0 Å². The normalized spacial score (nSPS) is 18.4. The number of pyridine rings is 1. The molecule has 1 aromatic heterocycles. The zero-order valence-corrected chi connectivity index (χ0v) is 17.2. The van der Waals surface area contributed by atoms with Crippen LogP contribution in [0.5, 0.6) is 5.75 Å². The summed E-state index contributed by atoms with van der Waals surface area (Å²) in [5, 5.41) is 0. The Kier molecular flexibility index (Phi) is 5.26. The van der Waals surface area contributed by atoms with Crippen LogP contribution in [0.1, 0.15) is 37.9 Å². The number of carbonyl (C=O) groups is 2. The van der Waals surface area contributed by atoms with Crippen LogP contribution in [0.2, 0.25) is 0 Å². The van der Waals surface area contributed by atoms with Gasteiger partial charge in [0.05, 0.1) is 17.9 Å². The molecule has 2 aliphatic rings. The third-order valence-corrected chi connectivity index (χ3v) is 5.43. The van der Waals surface area contributed by atoms with E-state index in [1.54, 1.807) is 11.1 Å². The van der Waals surface area contributed by atoms with Crippen LogP contribution in [0.3, 0.4) is 0 Å². The number of fused-ring (bicyclic) bond motifs is 1. The number of carbonyl (C=O) groups excluding carboxylic acids is 2. The van der Waals surface area contributed by atoms with Crippen LogP contribution in [-0.4, -0.2) is 40.4 Å². The van der Waals surface area contributed by atoms with Crippen molar-refractivity contribution in [2.24, 2.45) is 5.92 Å². The quantitative estimate of drug-likeness (QED) is 0.755. The number of benzene rings is 1. The third-order valence-electron chi connectivity index (χ3n) is 5.43. The fraction of sp³-hybridized carbons (Fsp3) is 0.435. The summed E-state index contributed by atoms with van der Waals surface area (Å²) < 4.78 is 5.96. The number of ether oxygens (including phenoxy) is 1. The Hall–Kier alpha value is -2.89. The van der Waals surface area contributed by atoms with E-state index >= 15 is 0 Å². The van der Waals surface area contributed by atoms with E-state index in [1.165, 1.54) is 0 Å². The van der Waals surface area contributed by atoms with E-state index in [0.717, 1.165) is 24.1 Å². The van der Waals surface area contributed by atoms with E-state index in [-0.39, 0.29) is 30.3 Å². The highest BCUT2D eigenvalue weighted by Gasteiger charge is 2.39. The lowest BCUT2D eigenvalue weighted by molar-refractivity contribution is -0.135. The van der Waals surface area contributed by atoms with Gasteiger partial charge in [0, 0.05) is 12.2 Å². The number of aromatic nitrogens is 1. The Bertz CT molecular complexity index is 909. The smallest absolute Gasteiger partial charge is 0.268 e. The van der Waals surface area contributed by atoms with Crippen LogP contribution < -0.4 is 9.64 Å². The molecular weight excluding hydrogens is 366 g/mol. The number of amides is 2. The molecule has 0 saturated heterocycles. The summed E-state index contributed by atoms with van der Waals surface area (Å²) in [6.07, 6.45) is 3.16. The lowest BCUT2D eigenvalue weighted by Crippen LogP contribution is -2.52. The molecule has 1 atom stereocenters. The standard InChI is InChI=1S/C23H27N3O3/c1-15(2)22-23(28)26(19-12-16(3)7-10-20(19)29-22)14-21(27)25(18-8-9-18)13-17-6-4-5-11-24-17/h4-7,10-12,15,18,22H,8-9,13-14H2,1-3H3/t22-/m0/s1. The van der Waals surface area contributed by atoms with Crippen molar-refractivity contribution in [2.75, 3.05) is 11.4 Å². The second-order valence-corrected chi connectivity index (χ2v) is 8.25. The lowest BCUT2D eigenvalue weighted by atomic mass is 10.0. The molecule has 1 aromatic carbocycles. The Morgan fingerprint density at radius 2 is 2.07 bits per heavy atom. The van der Waals surface area contributed by atoms with Gasteiger partial charge < -0.3 is 9.64 Å². The Balaban J connectivity index is 1.60. The molecule has 2 heterocycles. The van der Waals surface area contributed by atoms with Crippen molar-refractivity contribution >= 4 is 17.5 Å². The molecule has 1 saturated carbocycles. The summed E-state index contributed by atoms with van der Waals surface area (Å²) in [6, 6.07) is 11.7. The average molecular weight is 393 g/mol. The highest BCUT2D eigenvalue weighted by molar-refractivity contribution is 6.04. The molecule has 1 aliphatic carbocycles. The fourth-order valence-electron chi connectivity index (χ4n) is 3.68. The molecule has 6 nitrogen and oxygen atoms in total. The molecule has 0 radical (unpaired) electrons. The van der Waals surface area contributed by atoms with Gasteiger partial charge in [0.1, 0.15) is 12.3 Å². The van der Waals surface area contributed by atoms with E-state index in [4.69, 9.17) is 4.74 Å². The maximum absolute atomic E-state index is 13.3. The van der Waals surface area contributed by atoms with Gasteiger partial charge in [0.15, 0.2) is 6.10 Å². The summed E-state index contributed by atoms with van der Waals surface area (Å²) >= 11 is 0. The van der Waals surface area contributed by atoms with E-state index < -0.39 is 6.10 Å². The minimum atomic E-state index is -0.580. The van der Waals surface area contributed by atoms with Gasteiger partial charge in [-0.05, 0) is 55.5 Å². The van der Waals surface area contributed by atoms with Crippen molar-refractivity contribution in [2.45, 2.75) is 52.3 Å². The number of anilines is 1. The molecule has 0 spiro atoms. The van der Waals surface area contributed by atoms with Crippen molar-refractivity contribution in [1.29, 1.82) is 0 Å². The summed E-state index contributed by atoms with van der Waals surface area (Å²) in [7, 11) is 0. The van der Waals surface area contributed by atoms with Crippen LogP contribution in [0.15, 0.2) is 42.6 Å². The van der Waals surface area contributed by atoms with Gasteiger partial charge in [-0.25, -0.2) is 0 Å². The minimum absolute atomic E-state index is 0.0163. The molecule has 29 heavy (non-hydrogen) atoms. The monoisotopic (exact) mass is 393 g/mol. The molecule has 0 unspecified atom stereocenters. The first kappa shape index (κ1) is 19.4. The number of hydrogen-bond acceptors (Lipinski definition) is 4. The van der Waals surface area contributed by atoms with Crippen molar-refractivity contribution < 1.29 is 14.3 Å². The molecule has 152 valence electrons. The molecule has 0 N–H and O–H groups in total.